The van der Waals surface area contributed by atoms with Gasteiger partial charge in [-0.05, 0) is 24.2 Å². The van der Waals surface area contributed by atoms with Crippen LogP contribution in [0.1, 0.15) is 12.5 Å². The molecule has 2 N–H and O–H groups in total. The van der Waals surface area contributed by atoms with Crippen molar-refractivity contribution in [2.24, 2.45) is 0 Å². The molecular weight excluding hydrogens is 394 g/mol. The molecule has 5 rings (SSSR count). The summed E-state index contributed by atoms with van der Waals surface area (Å²) in [6, 6.07) is 8.59. The van der Waals surface area contributed by atoms with E-state index in [1.54, 1.807) is 11.3 Å². The zero-order chi connectivity index (χ0) is 20.3. The molecule has 1 fully saturated rings. The van der Waals surface area contributed by atoms with Crippen molar-refractivity contribution < 1.29 is 0 Å². The van der Waals surface area contributed by atoms with E-state index >= 15 is 0 Å². The van der Waals surface area contributed by atoms with Crippen molar-refractivity contribution in [3.63, 3.8) is 0 Å². The zero-order valence-electron chi connectivity index (χ0n) is 17.0. The van der Waals surface area contributed by atoms with Crippen molar-refractivity contribution >= 4 is 33.2 Å². The summed E-state index contributed by atoms with van der Waals surface area (Å²) in [7, 11) is 0. The molecule has 3 aromatic heterocycles. The fourth-order valence-corrected chi connectivity index (χ4v) is 4.71. The lowest BCUT2D eigenvalue weighted by Crippen LogP contribution is -2.45. The van der Waals surface area contributed by atoms with E-state index in [4.69, 9.17) is 4.98 Å². The molecule has 1 aliphatic rings. The highest BCUT2D eigenvalue weighted by Gasteiger charge is 2.15. The van der Waals surface area contributed by atoms with Gasteiger partial charge in [0.15, 0.2) is 0 Å². The molecule has 0 aliphatic carbocycles. The molecule has 1 saturated heterocycles. The van der Waals surface area contributed by atoms with Crippen molar-refractivity contribution in [3.8, 4) is 11.1 Å². The van der Waals surface area contributed by atoms with Gasteiger partial charge < -0.3 is 10.2 Å². The quantitative estimate of drug-likeness (QED) is 0.493. The Kier molecular flexibility index (Phi) is 5.44. The first-order valence-electron chi connectivity index (χ1n) is 10.3. The SMILES string of the molecule is CCN1CCN(Cc2ccc(Nc3ncc4scc(-c5cn[nH]c5)c4n3)cc2)CC1. The van der Waals surface area contributed by atoms with Crippen LogP contribution in [0.3, 0.4) is 0 Å². The van der Waals surface area contributed by atoms with Crippen molar-refractivity contribution in [1.29, 1.82) is 0 Å². The van der Waals surface area contributed by atoms with Crippen LogP contribution < -0.4 is 5.32 Å². The summed E-state index contributed by atoms with van der Waals surface area (Å²) in [5, 5.41) is 12.4. The molecule has 1 aliphatic heterocycles. The Morgan fingerprint density at radius 3 is 2.60 bits per heavy atom. The monoisotopic (exact) mass is 419 g/mol. The molecule has 0 saturated carbocycles. The number of anilines is 2. The second-order valence-electron chi connectivity index (χ2n) is 7.58. The number of nitrogens with one attached hydrogen (secondary N) is 2. The van der Waals surface area contributed by atoms with Crippen LogP contribution in [0.4, 0.5) is 11.6 Å². The highest BCUT2D eigenvalue weighted by molar-refractivity contribution is 7.17. The average Bonchev–Trinajstić information content (AvgIpc) is 3.45. The molecule has 1 aromatic carbocycles. The number of H-pyrrole nitrogens is 1. The Hall–Kier alpha value is -2.81. The summed E-state index contributed by atoms with van der Waals surface area (Å²) in [4.78, 5) is 14.3. The van der Waals surface area contributed by atoms with E-state index in [-0.39, 0.29) is 0 Å². The van der Waals surface area contributed by atoms with Gasteiger partial charge in [-0.3, -0.25) is 10.00 Å². The normalized spacial score (nSPS) is 15.6. The second-order valence-corrected chi connectivity index (χ2v) is 8.49. The van der Waals surface area contributed by atoms with Gasteiger partial charge >= 0.3 is 0 Å². The van der Waals surface area contributed by atoms with E-state index in [1.807, 2.05) is 18.6 Å². The molecule has 8 heteroatoms. The summed E-state index contributed by atoms with van der Waals surface area (Å²) in [5.41, 5.74) is 5.39. The summed E-state index contributed by atoms with van der Waals surface area (Å²) < 4.78 is 1.07. The lowest BCUT2D eigenvalue weighted by Gasteiger charge is -2.34. The van der Waals surface area contributed by atoms with Crippen LogP contribution in [0.15, 0.2) is 48.2 Å². The van der Waals surface area contributed by atoms with E-state index in [0.717, 1.165) is 53.2 Å². The maximum absolute atomic E-state index is 4.75. The lowest BCUT2D eigenvalue weighted by molar-refractivity contribution is 0.132. The lowest BCUT2D eigenvalue weighted by atomic mass is 10.1. The number of benzene rings is 1. The fourth-order valence-electron chi connectivity index (χ4n) is 3.84. The number of hydrogen-bond donors (Lipinski definition) is 2. The molecule has 4 aromatic rings. The number of thiophene rings is 1. The molecule has 30 heavy (non-hydrogen) atoms. The minimum absolute atomic E-state index is 0.606. The van der Waals surface area contributed by atoms with Gasteiger partial charge in [0.1, 0.15) is 0 Å². The number of hydrogen-bond acceptors (Lipinski definition) is 7. The number of likely N-dealkylation sites (N-methyl/N-ethyl adjacent to an activating group) is 1. The van der Waals surface area contributed by atoms with Gasteiger partial charge in [-0.2, -0.15) is 5.10 Å². The predicted molar refractivity (Wildman–Crippen MR) is 122 cm³/mol. The second kappa shape index (κ2) is 8.51. The Labute approximate surface area is 179 Å². The van der Waals surface area contributed by atoms with Crippen molar-refractivity contribution in [1.82, 2.24) is 30.0 Å². The van der Waals surface area contributed by atoms with Crippen molar-refractivity contribution in [2.45, 2.75) is 13.5 Å². The number of aromatic nitrogens is 4. The van der Waals surface area contributed by atoms with Crippen LogP contribution in [0, 0.1) is 0 Å². The molecule has 0 unspecified atom stereocenters. The minimum Gasteiger partial charge on any atom is -0.324 e. The van der Waals surface area contributed by atoms with E-state index in [2.05, 4.69) is 66.9 Å². The number of fused-ring (bicyclic) bond motifs is 1. The first kappa shape index (κ1) is 19.2. The van der Waals surface area contributed by atoms with Crippen LogP contribution in [0.25, 0.3) is 21.3 Å². The topological polar surface area (TPSA) is 73.0 Å². The molecule has 0 bridgehead atoms. The van der Waals surface area contributed by atoms with E-state index in [9.17, 15) is 0 Å². The average molecular weight is 420 g/mol. The summed E-state index contributed by atoms with van der Waals surface area (Å²) in [6.07, 6.45) is 5.58. The van der Waals surface area contributed by atoms with Gasteiger partial charge in [0.2, 0.25) is 5.95 Å². The standard InChI is InChI=1S/C22H25N7S/c1-2-28-7-9-29(10-8-28)14-16-3-5-18(6-4-16)26-22-23-13-20-21(27-22)19(15-30-20)17-11-24-25-12-17/h3-6,11-13,15H,2,7-10,14H2,1H3,(H,24,25)(H,23,26,27). The molecule has 0 radical (unpaired) electrons. The molecule has 7 nitrogen and oxygen atoms in total. The predicted octanol–water partition coefficient (Wildman–Crippen LogP) is 3.96. The van der Waals surface area contributed by atoms with Gasteiger partial charge in [0.05, 0.1) is 22.6 Å². The van der Waals surface area contributed by atoms with Crippen LogP contribution in [-0.2, 0) is 6.54 Å². The molecule has 0 atom stereocenters. The highest BCUT2D eigenvalue weighted by Crippen LogP contribution is 2.32. The highest BCUT2D eigenvalue weighted by atomic mass is 32.1. The minimum atomic E-state index is 0.606. The zero-order valence-corrected chi connectivity index (χ0v) is 17.8. The van der Waals surface area contributed by atoms with E-state index < -0.39 is 0 Å². The smallest absolute Gasteiger partial charge is 0.227 e. The number of aromatic amines is 1. The summed E-state index contributed by atoms with van der Waals surface area (Å²) in [5.74, 6) is 0.606. The number of piperazine rings is 1. The van der Waals surface area contributed by atoms with E-state index in [0.29, 0.717) is 5.95 Å². The Bertz CT molecular complexity index is 1100. The summed E-state index contributed by atoms with van der Waals surface area (Å²) in [6.45, 7) is 9.00. The molecule has 0 amide bonds. The first-order valence-corrected chi connectivity index (χ1v) is 11.2. The van der Waals surface area contributed by atoms with Crippen LogP contribution in [-0.4, -0.2) is 62.7 Å². The molecular formula is C22H25N7S. The van der Waals surface area contributed by atoms with Gasteiger partial charge in [0.25, 0.3) is 0 Å². The third kappa shape index (κ3) is 4.07. The first-order chi connectivity index (χ1) is 14.8. The maximum Gasteiger partial charge on any atom is 0.227 e. The van der Waals surface area contributed by atoms with Crippen molar-refractivity contribution in [3.05, 3.63) is 53.8 Å². The van der Waals surface area contributed by atoms with E-state index in [1.165, 1.54) is 18.7 Å². The molecule has 0 spiro atoms. The summed E-state index contributed by atoms with van der Waals surface area (Å²) >= 11 is 1.64. The largest absolute Gasteiger partial charge is 0.324 e. The van der Waals surface area contributed by atoms with Gasteiger partial charge in [0, 0.05) is 61.1 Å². The maximum atomic E-state index is 4.75. The molecule has 154 valence electrons. The Morgan fingerprint density at radius 1 is 1.07 bits per heavy atom. The number of rotatable bonds is 6. The molecule has 4 heterocycles. The fraction of sp³-hybridized carbons (Fsp3) is 0.318. The Balaban J connectivity index is 1.27. The van der Waals surface area contributed by atoms with Crippen LogP contribution in [0.2, 0.25) is 0 Å². The van der Waals surface area contributed by atoms with Crippen molar-refractivity contribution in [2.75, 3.05) is 38.0 Å². The van der Waals surface area contributed by atoms with Gasteiger partial charge in [-0.15, -0.1) is 11.3 Å². The van der Waals surface area contributed by atoms with Gasteiger partial charge in [-0.25, -0.2) is 9.97 Å². The number of nitrogens with zero attached hydrogens (tertiary/aromatic N) is 5. The Morgan fingerprint density at radius 2 is 1.87 bits per heavy atom. The third-order valence-corrected chi connectivity index (χ3v) is 6.56. The van der Waals surface area contributed by atoms with Crippen LogP contribution in [0.5, 0.6) is 0 Å². The van der Waals surface area contributed by atoms with Crippen LogP contribution >= 0.6 is 11.3 Å². The third-order valence-electron chi connectivity index (χ3n) is 5.65. The van der Waals surface area contributed by atoms with Gasteiger partial charge in [-0.1, -0.05) is 19.1 Å².